The van der Waals surface area contributed by atoms with Gasteiger partial charge in [0.25, 0.3) is 5.91 Å². The highest BCUT2D eigenvalue weighted by atomic mass is 19.1. The van der Waals surface area contributed by atoms with E-state index >= 15 is 0 Å². The van der Waals surface area contributed by atoms with Gasteiger partial charge in [0.05, 0.1) is 7.11 Å². The van der Waals surface area contributed by atoms with Gasteiger partial charge in [-0.25, -0.2) is 9.18 Å². The number of methoxy groups -OCH3 is 1. The number of carbonyl (C=O) groups excluding carboxylic acids is 1. The van der Waals surface area contributed by atoms with Gasteiger partial charge in [-0.1, -0.05) is 12.8 Å². The van der Waals surface area contributed by atoms with Crippen molar-refractivity contribution in [1.29, 1.82) is 0 Å². The number of rotatable bonds is 3. The first-order valence-corrected chi connectivity index (χ1v) is 7.92. The van der Waals surface area contributed by atoms with Gasteiger partial charge in [-0.3, -0.25) is 4.79 Å². The van der Waals surface area contributed by atoms with E-state index in [0.717, 1.165) is 25.7 Å². The normalized spacial score (nSPS) is 26.7. The number of aliphatic carboxylic acids is 1. The van der Waals surface area contributed by atoms with E-state index in [2.05, 4.69) is 0 Å². The monoisotopic (exact) mass is 321 g/mol. The zero-order valence-corrected chi connectivity index (χ0v) is 13.0. The molecule has 3 rings (SSSR count). The van der Waals surface area contributed by atoms with Gasteiger partial charge in [0.1, 0.15) is 6.04 Å². The maximum absolute atomic E-state index is 13.5. The van der Waals surface area contributed by atoms with Crippen molar-refractivity contribution in [2.75, 3.05) is 7.11 Å². The summed E-state index contributed by atoms with van der Waals surface area (Å²) in [6.45, 7) is 0. The number of ether oxygens (including phenoxy) is 1. The van der Waals surface area contributed by atoms with Crippen LogP contribution in [0.3, 0.4) is 0 Å². The molecule has 0 aromatic heterocycles. The number of carbonyl (C=O) groups is 2. The molecule has 0 spiro atoms. The minimum atomic E-state index is -0.971. The fourth-order valence-electron chi connectivity index (χ4n) is 3.91. The van der Waals surface area contributed by atoms with Crippen LogP contribution in [0, 0.1) is 11.7 Å². The molecule has 1 saturated carbocycles. The summed E-state index contributed by atoms with van der Waals surface area (Å²) in [5.74, 6) is -1.64. The summed E-state index contributed by atoms with van der Waals surface area (Å²) in [4.78, 5) is 26.0. The fourth-order valence-corrected chi connectivity index (χ4v) is 3.91. The van der Waals surface area contributed by atoms with E-state index in [1.54, 1.807) is 0 Å². The molecule has 1 saturated heterocycles. The van der Waals surface area contributed by atoms with Gasteiger partial charge in [0, 0.05) is 11.6 Å². The molecule has 6 heteroatoms. The number of carboxylic acids is 1. The number of carboxylic acid groups (broad SMARTS) is 1. The van der Waals surface area contributed by atoms with Crippen LogP contribution in [-0.4, -0.2) is 41.1 Å². The van der Waals surface area contributed by atoms with Crippen LogP contribution in [0.15, 0.2) is 18.2 Å². The Hall–Kier alpha value is -2.11. The van der Waals surface area contributed by atoms with Gasteiger partial charge in [-0.05, 0) is 43.4 Å². The summed E-state index contributed by atoms with van der Waals surface area (Å²) in [6.07, 6.45) is 4.39. The number of amides is 1. The zero-order chi connectivity index (χ0) is 16.6. The summed E-state index contributed by atoms with van der Waals surface area (Å²) >= 11 is 0. The van der Waals surface area contributed by atoms with E-state index in [1.807, 2.05) is 0 Å². The molecular weight excluding hydrogens is 301 g/mol. The number of halogens is 1. The molecule has 1 N–H and O–H groups in total. The van der Waals surface area contributed by atoms with E-state index in [4.69, 9.17) is 4.74 Å². The lowest BCUT2D eigenvalue weighted by molar-refractivity contribution is -0.141. The van der Waals surface area contributed by atoms with Gasteiger partial charge in [-0.15, -0.1) is 0 Å². The molecule has 1 aliphatic carbocycles. The molecular formula is C17H20FNO4. The summed E-state index contributed by atoms with van der Waals surface area (Å²) in [6, 6.07) is 3.07. The SMILES string of the molecule is COc1cc(C(=O)N2[C@H](C(=O)O)C[C@H]3CCCC[C@@H]32)ccc1F. The van der Waals surface area contributed by atoms with Crippen LogP contribution in [0.1, 0.15) is 42.5 Å². The van der Waals surface area contributed by atoms with Crippen molar-refractivity contribution in [1.82, 2.24) is 4.90 Å². The number of fused-ring (bicyclic) bond motifs is 1. The second-order valence-corrected chi connectivity index (χ2v) is 6.26. The molecule has 2 aliphatic rings. The first-order chi connectivity index (χ1) is 11.0. The van der Waals surface area contributed by atoms with Gasteiger partial charge < -0.3 is 14.7 Å². The van der Waals surface area contributed by atoms with Crippen LogP contribution >= 0.6 is 0 Å². The first kappa shape index (κ1) is 15.8. The largest absolute Gasteiger partial charge is 0.494 e. The van der Waals surface area contributed by atoms with Gasteiger partial charge in [0.15, 0.2) is 11.6 Å². The fraction of sp³-hybridized carbons (Fsp3) is 0.529. The molecule has 2 fully saturated rings. The molecule has 0 bridgehead atoms. The summed E-state index contributed by atoms with van der Waals surface area (Å²) in [5.41, 5.74) is 0.265. The third kappa shape index (κ3) is 2.78. The topological polar surface area (TPSA) is 66.8 Å². The molecule has 1 aliphatic heterocycles. The Morgan fingerprint density at radius 2 is 2.04 bits per heavy atom. The summed E-state index contributed by atoms with van der Waals surface area (Å²) in [5, 5.41) is 9.49. The minimum Gasteiger partial charge on any atom is -0.494 e. The van der Waals surface area contributed by atoms with Crippen LogP contribution in [0.5, 0.6) is 5.75 Å². The van der Waals surface area contributed by atoms with Crippen molar-refractivity contribution in [2.45, 2.75) is 44.2 Å². The molecule has 23 heavy (non-hydrogen) atoms. The van der Waals surface area contributed by atoms with Crippen molar-refractivity contribution in [3.05, 3.63) is 29.6 Å². The van der Waals surface area contributed by atoms with Crippen LogP contribution in [-0.2, 0) is 4.79 Å². The number of hydrogen-bond donors (Lipinski definition) is 1. The molecule has 0 radical (unpaired) electrons. The van der Waals surface area contributed by atoms with Crippen LogP contribution < -0.4 is 4.74 Å². The van der Waals surface area contributed by atoms with Crippen LogP contribution in [0.4, 0.5) is 4.39 Å². The average molecular weight is 321 g/mol. The molecule has 124 valence electrons. The molecule has 1 aromatic carbocycles. The number of nitrogens with zero attached hydrogens (tertiary/aromatic N) is 1. The third-order valence-corrected chi connectivity index (χ3v) is 5.01. The zero-order valence-electron chi connectivity index (χ0n) is 13.0. The van der Waals surface area contributed by atoms with E-state index in [1.165, 1.54) is 30.2 Å². The lowest BCUT2D eigenvalue weighted by Crippen LogP contribution is -2.46. The lowest BCUT2D eigenvalue weighted by Gasteiger charge is -2.33. The maximum atomic E-state index is 13.5. The third-order valence-electron chi connectivity index (χ3n) is 5.01. The predicted octanol–water partition coefficient (Wildman–Crippen LogP) is 2.69. The van der Waals surface area contributed by atoms with Crippen molar-refractivity contribution >= 4 is 11.9 Å². The molecule has 1 aromatic rings. The Labute approximate surface area is 134 Å². The highest BCUT2D eigenvalue weighted by Crippen LogP contribution is 2.40. The number of benzene rings is 1. The second-order valence-electron chi connectivity index (χ2n) is 6.26. The first-order valence-electron chi connectivity index (χ1n) is 7.92. The van der Waals surface area contributed by atoms with Gasteiger partial charge in [0.2, 0.25) is 0 Å². The quantitative estimate of drug-likeness (QED) is 0.929. The Kier molecular flexibility index (Phi) is 4.24. The Morgan fingerprint density at radius 1 is 1.30 bits per heavy atom. The predicted molar refractivity (Wildman–Crippen MR) is 80.9 cm³/mol. The Morgan fingerprint density at radius 3 is 2.74 bits per heavy atom. The van der Waals surface area contributed by atoms with E-state index < -0.39 is 17.8 Å². The molecule has 1 amide bonds. The highest BCUT2D eigenvalue weighted by molar-refractivity contribution is 5.97. The smallest absolute Gasteiger partial charge is 0.326 e. The Balaban J connectivity index is 1.93. The minimum absolute atomic E-state index is 0.0119. The lowest BCUT2D eigenvalue weighted by atomic mass is 9.84. The molecule has 5 nitrogen and oxygen atoms in total. The highest BCUT2D eigenvalue weighted by Gasteiger charge is 2.47. The summed E-state index contributed by atoms with van der Waals surface area (Å²) in [7, 11) is 1.33. The number of likely N-dealkylation sites (tertiary alicyclic amines) is 1. The Bertz CT molecular complexity index is 633. The second kappa shape index (κ2) is 6.18. The molecule has 0 unspecified atom stereocenters. The van der Waals surface area contributed by atoms with Crippen LogP contribution in [0.2, 0.25) is 0 Å². The van der Waals surface area contributed by atoms with Gasteiger partial charge >= 0.3 is 5.97 Å². The standard InChI is InChI=1S/C17H20FNO4/c1-23-15-9-11(6-7-12(15)18)16(20)19-13-5-3-2-4-10(13)8-14(19)17(21)22/h6-7,9-10,13-14H,2-5,8H2,1H3,(H,21,22)/t10-,13+,14+/m1/s1. The van der Waals surface area contributed by atoms with E-state index in [9.17, 15) is 19.1 Å². The van der Waals surface area contributed by atoms with Gasteiger partial charge in [-0.2, -0.15) is 0 Å². The number of hydrogen-bond acceptors (Lipinski definition) is 3. The summed E-state index contributed by atoms with van der Waals surface area (Å²) < 4.78 is 18.5. The van der Waals surface area contributed by atoms with Crippen molar-refractivity contribution in [3.8, 4) is 5.75 Å². The maximum Gasteiger partial charge on any atom is 0.326 e. The molecule has 3 atom stereocenters. The van der Waals surface area contributed by atoms with Crippen molar-refractivity contribution in [3.63, 3.8) is 0 Å². The van der Waals surface area contributed by atoms with E-state index in [-0.39, 0.29) is 29.2 Å². The van der Waals surface area contributed by atoms with Crippen molar-refractivity contribution < 1.29 is 23.8 Å². The molecule has 1 heterocycles. The van der Waals surface area contributed by atoms with E-state index in [0.29, 0.717) is 6.42 Å². The van der Waals surface area contributed by atoms with Crippen LogP contribution in [0.25, 0.3) is 0 Å². The van der Waals surface area contributed by atoms with Crippen molar-refractivity contribution in [2.24, 2.45) is 5.92 Å². The average Bonchev–Trinajstić information content (AvgIpc) is 2.94.